The molecule has 0 bridgehead atoms. The zero-order valence-electron chi connectivity index (χ0n) is 11.6. The van der Waals surface area contributed by atoms with Crippen molar-refractivity contribution in [2.45, 2.75) is 32.2 Å². The summed E-state index contributed by atoms with van der Waals surface area (Å²) in [5, 5.41) is 0. The fourth-order valence-corrected chi connectivity index (χ4v) is 3.34. The Morgan fingerprint density at radius 3 is 2.26 bits per heavy atom. The van der Waals surface area contributed by atoms with E-state index in [4.69, 9.17) is 0 Å². The number of anilines is 1. The highest BCUT2D eigenvalue weighted by Gasteiger charge is 2.21. The molecule has 0 aliphatic carbocycles. The lowest BCUT2D eigenvalue weighted by atomic mass is 10.0. The van der Waals surface area contributed by atoms with Gasteiger partial charge in [-0.25, -0.2) is 13.1 Å². The second-order valence-electron chi connectivity index (χ2n) is 5.17. The average molecular weight is 282 g/mol. The van der Waals surface area contributed by atoms with Crippen molar-refractivity contribution in [3.05, 3.63) is 29.8 Å². The highest BCUT2D eigenvalue weighted by molar-refractivity contribution is 7.88. The summed E-state index contributed by atoms with van der Waals surface area (Å²) < 4.78 is 25.1. The van der Waals surface area contributed by atoms with Crippen LogP contribution in [0.3, 0.4) is 0 Å². The normalized spacial score (nSPS) is 17.7. The van der Waals surface area contributed by atoms with Gasteiger partial charge in [0.15, 0.2) is 0 Å². The summed E-state index contributed by atoms with van der Waals surface area (Å²) in [7, 11) is -3.08. The fourth-order valence-electron chi connectivity index (χ4n) is 2.50. The number of hydrogen-bond donors (Lipinski definition) is 1. The van der Waals surface area contributed by atoms with Crippen LogP contribution in [0.5, 0.6) is 0 Å². The third-order valence-corrected chi connectivity index (χ3v) is 4.35. The number of sulfonamides is 1. The number of nitrogens with zero attached hydrogens (tertiary/aromatic N) is 1. The summed E-state index contributed by atoms with van der Waals surface area (Å²) in [4.78, 5) is 2.32. The largest absolute Gasteiger partial charge is 0.371 e. The minimum atomic E-state index is -3.08. The van der Waals surface area contributed by atoms with Crippen LogP contribution >= 0.6 is 0 Å². The van der Waals surface area contributed by atoms with Gasteiger partial charge in [0.25, 0.3) is 0 Å². The molecule has 0 saturated carbocycles. The zero-order valence-corrected chi connectivity index (χ0v) is 12.4. The van der Waals surface area contributed by atoms with Crippen molar-refractivity contribution >= 4 is 15.7 Å². The summed E-state index contributed by atoms with van der Waals surface area (Å²) in [5.74, 6) is 0. The van der Waals surface area contributed by atoms with Gasteiger partial charge >= 0.3 is 0 Å². The van der Waals surface area contributed by atoms with Crippen LogP contribution in [-0.4, -0.2) is 33.8 Å². The first-order chi connectivity index (χ1) is 8.98. The molecule has 2 rings (SSSR count). The molecule has 1 aliphatic rings. The molecule has 1 N–H and O–H groups in total. The number of piperidine rings is 1. The first-order valence-corrected chi connectivity index (χ1v) is 8.68. The van der Waals surface area contributed by atoms with Gasteiger partial charge in [0.1, 0.15) is 0 Å². The molecular weight excluding hydrogens is 260 g/mol. The lowest BCUT2D eigenvalue weighted by Crippen LogP contribution is -2.44. The van der Waals surface area contributed by atoms with Crippen LogP contribution in [-0.2, 0) is 16.4 Å². The highest BCUT2D eigenvalue weighted by atomic mass is 32.2. The molecule has 1 aromatic carbocycles. The third-order valence-electron chi connectivity index (χ3n) is 3.59. The smallest absolute Gasteiger partial charge is 0.208 e. The Labute approximate surface area is 115 Å². The fraction of sp³-hybridized carbons (Fsp3) is 0.571. The van der Waals surface area contributed by atoms with Crippen LogP contribution in [0.25, 0.3) is 0 Å². The van der Waals surface area contributed by atoms with Gasteiger partial charge in [-0.2, -0.15) is 0 Å². The Bertz CT molecular complexity index is 503. The van der Waals surface area contributed by atoms with Gasteiger partial charge in [-0.15, -0.1) is 0 Å². The van der Waals surface area contributed by atoms with E-state index in [0.717, 1.165) is 32.4 Å². The van der Waals surface area contributed by atoms with Gasteiger partial charge in [0, 0.05) is 24.8 Å². The maximum atomic E-state index is 11.2. The quantitative estimate of drug-likeness (QED) is 0.915. The molecule has 0 unspecified atom stereocenters. The zero-order chi connectivity index (χ0) is 13.9. The van der Waals surface area contributed by atoms with E-state index >= 15 is 0 Å². The van der Waals surface area contributed by atoms with Crippen molar-refractivity contribution in [3.63, 3.8) is 0 Å². The predicted octanol–water partition coefficient (Wildman–Crippen LogP) is 1.77. The minimum Gasteiger partial charge on any atom is -0.371 e. The summed E-state index contributed by atoms with van der Waals surface area (Å²) in [5.41, 5.74) is 2.58. The van der Waals surface area contributed by atoms with E-state index in [1.54, 1.807) is 0 Å². The average Bonchev–Trinajstić information content (AvgIpc) is 2.38. The third kappa shape index (κ3) is 4.21. The molecule has 1 saturated heterocycles. The van der Waals surface area contributed by atoms with Gasteiger partial charge in [-0.1, -0.05) is 19.1 Å². The van der Waals surface area contributed by atoms with Crippen molar-refractivity contribution in [2.24, 2.45) is 0 Å². The maximum Gasteiger partial charge on any atom is 0.208 e. The van der Waals surface area contributed by atoms with E-state index in [2.05, 4.69) is 40.8 Å². The number of nitrogens with one attached hydrogen (secondary N) is 1. The van der Waals surface area contributed by atoms with Crippen LogP contribution in [0.15, 0.2) is 24.3 Å². The molecule has 0 amide bonds. The van der Waals surface area contributed by atoms with E-state index in [1.165, 1.54) is 17.5 Å². The van der Waals surface area contributed by atoms with E-state index in [0.29, 0.717) is 0 Å². The second kappa shape index (κ2) is 5.92. The summed E-state index contributed by atoms with van der Waals surface area (Å²) in [6, 6.07) is 8.72. The lowest BCUT2D eigenvalue weighted by molar-refractivity contribution is 0.462. The number of aryl methyl sites for hydroxylation is 1. The van der Waals surface area contributed by atoms with Gasteiger partial charge in [-0.05, 0) is 37.0 Å². The topological polar surface area (TPSA) is 49.4 Å². The van der Waals surface area contributed by atoms with Crippen LogP contribution < -0.4 is 9.62 Å². The first kappa shape index (κ1) is 14.3. The Morgan fingerprint density at radius 2 is 1.79 bits per heavy atom. The van der Waals surface area contributed by atoms with Gasteiger partial charge < -0.3 is 4.90 Å². The van der Waals surface area contributed by atoms with Crippen LogP contribution in [0.2, 0.25) is 0 Å². The van der Waals surface area contributed by atoms with Crippen molar-refractivity contribution in [1.82, 2.24) is 4.72 Å². The number of benzene rings is 1. The molecule has 1 heterocycles. The minimum absolute atomic E-state index is 0.0844. The van der Waals surface area contributed by atoms with Crippen molar-refractivity contribution in [3.8, 4) is 0 Å². The summed E-state index contributed by atoms with van der Waals surface area (Å²) >= 11 is 0. The Kier molecular flexibility index (Phi) is 4.47. The van der Waals surface area contributed by atoms with E-state index in [-0.39, 0.29) is 6.04 Å². The maximum absolute atomic E-state index is 11.2. The molecule has 106 valence electrons. The van der Waals surface area contributed by atoms with Crippen LogP contribution in [0.1, 0.15) is 25.3 Å². The monoisotopic (exact) mass is 282 g/mol. The molecule has 0 atom stereocenters. The lowest BCUT2D eigenvalue weighted by Gasteiger charge is -2.33. The molecule has 0 aromatic heterocycles. The summed E-state index contributed by atoms with van der Waals surface area (Å²) in [6.07, 6.45) is 4.01. The second-order valence-corrected chi connectivity index (χ2v) is 6.95. The number of hydrogen-bond acceptors (Lipinski definition) is 3. The molecule has 4 nitrogen and oxygen atoms in total. The molecule has 5 heteroatoms. The molecule has 1 aliphatic heterocycles. The van der Waals surface area contributed by atoms with Crippen LogP contribution in [0.4, 0.5) is 5.69 Å². The van der Waals surface area contributed by atoms with Gasteiger partial charge in [0.2, 0.25) is 10.0 Å². The van der Waals surface area contributed by atoms with Crippen LogP contribution in [0, 0.1) is 0 Å². The highest BCUT2D eigenvalue weighted by Crippen LogP contribution is 2.21. The molecule has 0 spiro atoms. The number of rotatable bonds is 4. The Balaban J connectivity index is 1.92. The van der Waals surface area contributed by atoms with Gasteiger partial charge in [0.05, 0.1) is 6.26 Å². The SMILES string of the molecule is CCc1ccc(N2CCC(NS(C)(=O)=O)CC2)cc1. The van der Waals surface area contributed by atoms with Crippen molar-refractivity contribution in [2.75, 3.05) is 24.2 Å². The van der Waals surface area contributed by atoms with E-state index < -0.39 is 10.0 Å². The van der Waals surface area contributed by atoms with Gasteiger partial charge in [-0.3, -0.25) is 0 Å². The Morgan fingerprint density at radius 1 is 1.21 bits per heavy atom. The summed E-state index contributed by atoms with van der Waals surface area (Å²) in [6.45, 7) is 3.95. The van der Waals surface area contributed by atoms with E-state index in [9.17, 15) is 8.42 Å². The molecule has 1 aromatic rings. The standard InChI is InChI=1S/C14H22N2O2S/c1-3-12-4-6-14(7-5-12)16-10-8-13(9-11-16)15-19(2,17)18/h4-7,13,15H,3,8-11H2,1-2H3. The molecule has 19 heavy (non-hydrogen) atoms. The predicted molar refractivity (Wildman–Crippen MR) is 79.0 cm³/mol. The molecular formula is C14H22N2O2S. The molecule has 1 fully saturated rings. The van der Waals surface area contributed by atoms with E-state index in [1.807, 2.05) is 0 Å². The first-order valence-electron chi connectivity index (χ1n) is 6.79. The van der Waals surface area contributed by atoms with Crippen molar-refractivity contribution < 1.29 is 8.42 Å². The molecule has 0 radical (unpaired) electrons. The Hall–Kier alpha value is -1.07. The van der Waals surface area contributed by atoms with Crippen molar-refractivity contribution in [1.29, 1.82) is 0 Å².